The number of rotatable bonds is 5. The molecular weight excluding hydrogens is 306 g/mol. The Morgan fingerprint density at radius 2 is 2.10 bits per heavy atom. The van der Waals surface area contributed by atoms with Crippen molar-refractivity contribution in [3.05, 3.63) is 29.6 Å². The number of amidine groups is 1. The number of nitrogens with two attached hydrogens (primary N) is 1. The Morgan fingerprint density at radius 1 is 1.38 bits per heavy atom. The Balaban J connectivity index is 2.47. The van der Waals surface area contributed by atoms with Gasteiger partial charge in [-0.3, -0.25) is 0 Å². The largest absolute Gasteiger partial charge is 0.409 e. The summed E-state index contributed by atoms with van der Waals surface area (Å²) >= 11 is 3.10. The average molecular weight is 323 g/mol. The van der Waals surface area contributed by atoms with Crippen molar-refractivity contribution < 1.29 is 5.21 Å². The fourth-order valence-corrected chi connectivity index (χ4v) is 3.67. The van der Waals surface area contributed by atoms with E-state index in [4.69, 9.17) is 10.9 Å². The normalized spacial score (nSPS) is 11.9. The van der Waals surface area contributed by atoms with Gasteiger partial charge in [-0.15, -0.1) is 22.0 Å². The smallest absolute Gasteiger partial charge is 0.195 e. The summed E-state index contributed by atoms with van der Waals surface area (Å²) in [6.45, 7) is 3.96. The maximum Gasteiger partial charge on any atom is 0.195 e. The Kier molecular flexibility index (Phi) is 5.13. The molecule has 2 rings (SSSR count). The molecule has 6 nitrogen and oxygen atoms in total. The van der Waals surface area contributed by atoms with Crippen molar-refractivity contribution in [2.24, 2.45) is 17.9 Å². The predicted molar refractivity (Wildman–Crippen MR) is 85.2 cm³/mol. The summed E-state index contributed by atoms with van der Waals surface area (Å²) in [6.07, 6.45) is 0. The van der Waals surface area contributed by atoms with Crippen LogP contribution < -0.4 is 5.73 Å². The van der Waals surface area contributed by atoms with Gasteiger partial charge in [0.1, 0.15) is 5.82 Å². The van der Waals surface area contributed by atoms with Gasteiger partial charge in [-0.25, -0.2) is 0 Å². The minimum absolute atomic E-state index is 0.105. The molecule has 0 amide bonds. The van der Waals surface area contributed by atoms with E-state index in [9.17, 15) is 0 Å². The molecule has 0 spiro atoms. The van der Waals surface area contributed by atoms with Crippen molar-refractivity contribution in [3.8, 4) is 0 Å². The van der Waals surface area contributed by atoms with Crippen molar-refractivity contribution >= 4 is 29.4 Å². The van der Waals surface area contributed by atoms with Crippen LogP contribution in [-0.4, -0.2) is 31.6 Å². The van der Waals surface area contributed by atoms with Gasteiger partial charge in [-0.05, 0) is 36.6 Å². The van der Waals surface area contributed by atoms with E-state index in [2.05, 4.69) is 22.3 Å². The fraction of sp³-hybridized carbons (Fsp3) is 0.308. The lowest BCUT2D eigenvalue weighted by Crippen LogP contribution is -2.15. The Labute approximate surface area is 131 Å². The lowest BCUT2D eigenvalue weighted by atomic mass is 10.2. The first-order valence-electron chi connectivity index (χ1n) is 6.36. The molecular formula is C13H17N5OS2. The molecule has 0 saturated heterocycles. The third-order valence-corrected chi connectivity index (χ3v) is 4.94. The predicted octanol–water partition coefficient (Wildman–Crippen LogP) is 2.48. The van der Waals surface area contributed by atoms with Crippen LogP contribution in [0.3, 0.4) is 0 Å². The number of hydrogen-bond acceptors (Lipinski definition) is 6. The van der Waals surface area contributed by atoms with E-state index in [-0.39, 0.29) is 5.84 Å². The summed E-state index contributed by atoms with van der Waals surface area (Å²) in [7, 11) is 1.91. The van der Waals surface area contributed by atoms with Crippen molar-refractivity contribution in [2.75, 3.05) is 5.75 Å². The van der Waals surface area contributed by atoms with Crippen LogP contribution in [0.2, 0.25) is 0 Å². The number of aromatic nitrogens is 3. The first-order valence-corrected chi connectivity index (χ1v) is 8.16. The summed E-state index contributed by atoms with van der Waals surface area (Å²) in [5.41, 5.74) is 6.59. The molecule has 0 bridgehead atoms. The number of thioether (sulfide) groups is 1. The van der Waals surface area contributed by atoms with Crippen LogP contribution in [-0.2, 0) is 7.05 Å². The van der Waals surface area contributed by atoms with Crippen molar-refractivity contribution in [1.29, 1.82) is 0 Å². The third kappa shape index (κ3) is 3.33. The molecule has 2 aromatic rings. The molecule has 3 N–H and O–H groups in total. The quantitative estimate of drug-likeness (QED) is 0.289. The molecule has 0 saturated carbocycles. The van der Waals surface area contributed by atoms with E-state index in [1.807, 2.05) is 36.7 Å². The van der Waals surface area contributed by atoms with Gasteiger partial charge in [0.25, 0.3) is 0 Å². The van der Waals surface area contributed by atoms with Gasteiger partial charge in [-0.1, -0.05) is 18.1 Å². The molecule has 0 aliphatic carbocycles. The molecule has 0 radical (unpaired) electrons. The number of nitrogens with zero attached hydrogens (tertiary/aromatic N) is 4. The van der Waals surface area contributed by atoms with Gasteiger partial charge in [0.2, 0.25) is 0 Å². The molecule has 1 aromatic heterocycles. The number of aryl methyl sites for hydroxylation is 1. The monoisotopic (exact) mass is 323 g/mol. The first-order chi connectivity index (χ1) is 10.1. The van der Waals surface area contributed by atoms with E-state index < -0.39 is 0 Å². The Morgan fingerprint density at radius 3 is 2.67 bits per heavy atom. The second-order valence-electron chi connectivity index (χ2n) is 4.24. The van der Waals surface area contributed by atoms with Crippen molar-refractivity contribution in [1.82, 2.24) is 14.8 Å². The lowest BCUT2D eigenvalue weighted by molar-refractivity contribution is 0.318. The van der Waals surface area contributed by atoms with Crippen LogP contribution >= 0.6 is 23.5 Å². The zero-order valence-corrected chi connectivity index (χ0v) is 13.7. The van der Waals surface area contributed by atoms with Crippen LogP contribution in [0.15, 0.2) is 38.3 Å². The molecule has 1 heterocycles. The Bertz CT molecular complexity index is 669. The van der Waals surface area contributed by atoms with Gasteiger partial charge in [-0.2, -0.15) is 0 Å². The second kappa shape index (κ2) is 6.86. The molecule has 0 unspecified atom stereocenters. The fourth-order valence-electron chi connectivity index (χ4n) is 1.75. The van der Waals surface area contributed by atoms with Crippen molar-refractivity contribution in [3.63, 3.8) is 0 Å². The number of hydrogen-bond donors (Lipinski definition) is 2. The molecule has 0 aliphatic rings. The van der Waals surface area contributed by atoms with Crippen LogP contribution in [0.1, 0.15) is 18.3 Å². The highest BCUT2D eigenvalue weighted by Gasteiger charge is 2.16. The summed E-state index contributed by atoms with van der Waals surface area (Å²) in [5, 5.41) is 21.1. The number of benzene rings is 1. The van der Waals surface area contributed by atoms with Crippen LogP contribution in [0.5, 0.6) is 0 Å². The molecule has 8 heteroatoms. The highest BCUT2D eigenvalue weighted by Crippen LogP contribution is 2.34. The van der Waals surface area contributed by atoms with Crippen LogP contribution in [0.4, 0.5) is 0 Å². The minimum atomic E-state index is 0.105. The highest BCUT2D eigenvalue weighted by molar-refractivity contribution is 8.00. The van der Waals surface area contributed by atoms with Crippen LogP contribution in [0.25, 0.3) is 0 Å². The van der Waals surface area contributed by atoms with Gasteiger partial charge in [0, 0.05) is 22.4 Å². The van der Waals surface area contributed by atoms with E-state index >= 15 is 0 Å². The minimum Gasteiger partial charge on any atom is -0.409 e. The summed E-state index contributed by atoms with van der Waals surface area (Å²) < 4.78 is 1.90. The molecule has 0 atom stereocenters. The summed E-state index contributed by atoms with van der Waals surface area (Å²) in [4.78, 5) is 1.87. The van der Waals surface area contributed by atoms with Crippen LogP contribution in [0, 0.1) is 6.92 Å². The lowest BCUT2D eigenvalue weighted by Gasteiger charge is -2.12. The first kappa shape index (κ1) is 15.7. The average Bonchev–Trinajstić information content (AvgIpc) is 2.79. The number of oxime groups is 1. The standard InChI is InChI=1S/C13H17N5OS2/c1-4-20-9-6-5-7-10(11(9)12(14)17-19)21-13-16-15-8(2)18(13)3/h5-7,19H,4H2,1-3H3,(H2,14,17). The molecule has 112 valence electrons. The van der Waals surface area contributed by atoms with E-state index in [1.54, 1.807) is 11.8 Å². The summed E-state index contributed by atoms with van der Waals surface area (Å²) in [5.74, 6) is 1.85. The molecule has 21 heavy (non-hydrogen) atoms. The van der Waals surface area contributed by atoms with Gasteiger partial charge >= 0.3 is 0 Å². The van der Waals surface area contributed by atoms with E-state index in [0.717, 1.165) is 32.1 Å². The van der Waals surface area contributed by atoms with E-state index in [0.29, 0.717) is 0 Å². The Hall–Kier alpha value is -1.67. The van der Waals surface area contributed by atoms with Crippen molar-refractivity contribution in [2.45, 2.75) is 28.8 Å². The zero-order valence-electron chi connectivity index (χ0n) is 12.1. The molecule has 0 fully saturated rings. The SMILES string of the molecule is CCSc1cccc(Sc2nnc(C)n2C)c1/C(N)=N/O. The highest BCUT2D eigenvalue weighted by atomic mass is 32.2. The van der Waals surface area contributed by atoms with Gasteiger partial charge in [0.05, 0.1) is 0 Å². The molecule has 1 aromatic carbocycles. The second-order valence-corrected chi connectivity index (χ2v) is 6.55. The third-order valence-electron chi connectivity index (χ3n) is 2.91. The van der Waals surface area contributed by atoms with E-state index in [1.165, 1.54) is 11.8 Å². The summed E-state index contributed by atoms with van der Waals surface area (Å²) in [6, 6.07) is 5.85. The maximum absolute atomic E-state index is 9.04. The maximum atomic E-state index is 9.04. The zero-order chi connectivity index (χ0) is 15.4. The molecule has 0 aliphatic heterocycles. The topological polar surface area (TPSA) is 89.3 Å². The van der Waals surface area contributed by atoms with Gasteiger partial charge < -0.3 is 15.5 Å². The van der Waals surface area contributed by atoms with Gasteiger partial charge in [0.15, 0.2) is 11.0 Å².